The minimum Gasteiger partial charge on any atom is -0.497 e. The lowest BCUT2D eigenvalue weighted by Crippen LogP contribution is -2.37. The summed E-state index contributed by atoms with van der Waals surface area (Å²) >= 11 is 0. The van der Waals surface area contributed by atoms with Gasteiger partial charge in [0.2, 0.25) is 0 Å². The first-order valence-electron chi connectivity index (χ1n) is 8.15. The van der Waals surface area contributed by atoms with E-state index in [1.165, 1.54) is 32.2 Å². The van der Waals surface area contributed by atoms with Crippen LogP contribution >= 0.6 is 12.4 Å². The summed E-state index contributed by atoms with van der Waals surface area (Å²) in [6, 6.07) is 8.81. The summed E-state index contributed by atoms with van der Waals surface area (Å²) in [5.41, 5.74) is 2.08. The Hall–Kier alpha value is -1.52. The van der Waals surface area contributed by atoms with E-state index in [1.54, 1.807) is 7.11 Å². The van der Waals surface area contributed by atoms with Crippen LogP contribution < -0.4 is 10.1 Å². The van der Waals surface area contributed by atoms with Gasteiger partial charge in [-0.1, -0.05) is 12.5 Å². The van der Waals surface area contributed by atoms with Crippen LogP contribution in [-0.2, 0) is 0 Å². The van der Waals surface area contributed by atoms with Crippen molar-refractivity contribution in [3.05, 3.63) is 30.5 Å². The van der Waals surface area contributed by atoms with Crippen LogP contribution in [0.3, 0.4) is 0 Å². The molecule has 1 atom stereocenters. The Kier molecular flexibility index (Phi) is 6.48. The molecule has 0 radical (unpaired) electrons. The highest BCUT2D eigenvalue weighted by Gasteiger charge is 2.18. The maximum absolute atomic E-state index is 5.40. The van der Waals surface area contributed by atoms with E-state index in [0.717, 1.165) is 28.9 Å². The number of rotatable bonds is 5. The number of pyridine rings is 1. The van der Waals surface area contributed by atoms with Gasteiger partial charge in [-0.15, -0.1) is 12.4 Å². The van der Waals surface area contributed by atoms with Gasteiger partial charge in [-0.25, -0.2) is 0 Å². The van der Waals surface area contributed by atoms with Crippen molar-refractivity contribution in [3.63, 3.8) is 0 Å². The minimum absolute atomic E-state index is 0. The lowest BCUT2D eigenvalue weighted by Gasteiger charge is -2.32. The Labute approximate surface area is 144 Å². The van der Waals surface area contributed by atoms with Crippen molar-refractivity contribution in [2.75, 3.05) is 32.6 Å². The average Bonchev–Trinajstić information content (AvgIpc) is 2.56. The van der Waals surface area contributed by atoms with Gasteiger partial charge in [0.15, 0.2) is 0 Å². The first kappa shape index (κ1) is 17.8. The summed E-state index contributed by atoms with van der Waals surface area (Å²) in [7, 11) is 3.95. The average molecular weight is 336 g/mol. The predicted octanol–water partition coefficient (Wildman–Crippen LogP) is 3.95. The van der Waals surface area contributed by atoms with Crippen LogP contribution in [0.25, 0.3) is 10.9 Å². The molecule has 1 aromatic heterocycles. The fraction of sp³-hybridized carbons (Fsp3) is 0.500. The van der Waals surface area contributed by atoms with Crippen LogP contribution in [0.15, 0.2) is 30.5 Å². The van der Waals surface area contributed by atoms with E-state index in [-0.39, 0.29) is 12.4 Å². The summed E-state index contributed by atoms with van der Waals surface area (Å²) < 4.78 is 5.40. The highest BCUT2D eigenvalue weighted by atomic mass is 35.5. The van der Waals surface area contributed by atoms with Gasteiger partial charge in [-0.05, 0) is 45.0 Å². The smallest absolute Gasteiger partial charge is 0.121 e. The summed E-state index contributed by atoms with van der Waals surface area (Å²) in [4.78, 5) is 7.00. The molecule has 3 rings (SSSR count). The molecule has 126 valence electrons. The number of likely N-dealkylation sites (tertiary alicyclic amines) is 1. The highest BCUT2D eigenvalue weighted by Crippen LogP contribution is 2.28. The molecule has 0 saturated carbocycles. The number of halogens is 1. The molecule has 1 aliphatic heterocycles. The molecule has 0 spiro atoms. The number of ether oxygens (including phenoxy) is 1. The molecule has 1 aromatic carbocycles. The van der Waals surface area contributed by atoms with Crippen LogP contribution in [0.5, 0.6) is 5.75 Å². The van der Waals surface area contributed by atoms with Gasteiger partial charge in [0.1, 0.15) is 5.75 Å². The Bertz CT molecular complexity index is 635. The van der Waals surface area contributed by atoms with Gasteiger partial charge in [0.25, 0.3) is 0 Å². The molecule has 1 saturated heterocycles. The fourth-order valence-electron chi connectivity index (χ4n) is 3.30. The second kappa shape index (κ2) is 8.37. The molecular weight excluding hydrogens is 310 g/mol. The predicted molar refractivity (Wildman–Crippen MR) is 98.9 cm³/mol. The van der Waals surface area contributed by atoms with Gasteiger partial charge in [0.05, 0.1) is 18.3 Å². The zero-order valence-electron chi connectivity index (χ0n) is 13.9. The van der Waals surface area contributed by atoms with E-state index in [4.69, 9.17) is 4.74 Å². The second-order valence-corrected chi connectivity index (χ2v) is 6.10. The third kappa shape index (κ3) is 4.27. The maximum atomic E-state index is 5.40. The molecule has 0 aliphatic carbocycles. The lowest BCUT2D eigenvalue weighted by molar-refractivity contribution is 0.179. The molecule has 4 nitrogen and oxygen atoms in total. The Balaban J connectivity index is 0.00000192. The zero-order valence-corrected chi connectivity index (χ0v) is 14.7. The van der Waals surface area contributed by atoms with Gasteiger partial charge in [-0.3, -0.25) is 4.98 Å². The van der Waals surface area contributed by atoms with Crippen LogP contribution in [0, 0.1) is 0 Å². The molecule has 23 heavy (non-hydrogen) atoms. The summed E-state index contributed by atoms with van der Waals surface area (Å²) in [6.45, 7) is 2.20. The molecule has 1 aliphatic rings. The van der Waals surface area contributed by atoms with Gasteiger partial charge >= 0.3 is 0 Å². The Morgan fingerprint density at radius 1 is 1.35 bits per heavy atom. The van der Waals surface area contributed by atoms with Crippen LogP contribution in [-0.4, -0.2) is 43.2 Å². The molecular formula is C18H26ClN3O. The summed E-state index contributed by atoms with van der Waals surface area (Å²) in [5, 5.41) is 4.67. The SMILES string of the molecule is COc1cc(NCCC2CCCCN2C)c2ncccc2c1.Cl. The lowest BCUT2D eigenvalue weighted by atomic mass is 10.00. The number of aromatic nitrogens is 1. The van der Waals surface area contributed by atoms with Gasteiger partial charge in [-0.2, -0.15) is 0 Å². The van der Waals surface area contributed by atoms with Crippen molar-refractivity contribution in [3.8, 4) is 5.75 Å². The molecule has 0 bridgehead atoms. The highest BCUT2D eigenvalue weighted by molar-refractivity contribution is 5.91. The van der Waals surface area contributed by atoms with E-state index in [1.807, 2.05) is 24.4 Å². The Morgan fingerprint density at radius 2 is 2.22 bits per heavy atom. The minimum atomic E-state index is 0. The number of nitrogens with one attached hydrogen (secondary N) is 1. The quantitative estimate of drug-likeness (QED) is 0.897. The fourth-order valence-corrected chi connectivity index (χ4v) is 3.30. The second-order valence-electron chi connectivity index (χ2n) is 6.10. The topological polar surface area (TPSA) is 37.4 Å². The number of hydrogen-bond donors (Lipinski definition) is 1. The van der Waals surface area contributed by atoms with Gasteiger partial charge in [0, 0.05) is 30.2 Å². The molecule has 2 heterocycles. The van der Waals surface area contributed by atoms with Crippen LogP contribution in [0.4, 0.5) is 5.69 Å². The molecule has 0 amide bonds. The molecule has 1 fully saturated rings. The first-order valence-corrected chi connectivity index (χ1v) is 8.15. The van der Waals surface area contributed by atoms with Crippen molar-refractivity contribution in [1.82, 2.24) is 9.88 Å². The largest absolute Gasteiger partial charge is 0.497 e. The van der Waals surface area contributed by atoms with Crippen LogP contribution in [0.1, 0.15) is 25.7 Å². The monoisotopic (exact) mass is 335 g/mol. The van der Waals surface area contributed by atoms with E-state index in [2.05, 4.69) is 28.3 Å². The number of benzene rings is 1. The van der Waals surface area contributed by atoms with Crippen molar-refractivity contribution in [2.24, 2.45) is 0 Å². The summed E-state index contributed by atoms with van der Waals surface area (Å²) in [6.07, 6.45) is 7.02. The van der Waals surface area contributed by atoms with Crippen LogP contribution in [0.2, 0.25) is 0 Å². The van der Waals surface area contributed by atoms with Crippen molar-refractivity contribution in [2.45, 2.75) is 31.7 Å². The number of hydrogen-bond acceptors (Lipinski definition) is 4. The third-order valence-corrected chi connectivity index (χ3v) is 4.63. The molecule has 5 heteroatoms. The van der Waals surface area contributed by atoms with E-state index >= 15 is 0 Å². The zero-order chi connectivity index (χ0) is 15.4. The normalized spacial score (nSPS) is 18.4. The molecule has 1 N–H and O–H groups in total. The number of piperidine rings is 1. The maximum Gasteiger partial charge on any atom is 0.121 e. The third-order valence-electron chi connectivity index (χ3n) is 4.63. The van der Waals surface area contributed by atoms with Crippen molar-refractivity contribution >= 4 is 29.0 Å². The van der Waals surface area contributed by atoms with E-state index < -0.39 is 0 Å². The number of methoxy groups -OCH3 is 1. The summed E-state index contributed by atoms with van der Waals surface area (Å²) in [5.74, 6) is 0.873. The standard InChI is InChI=1S/C18H25N3O.ClH/c1-21-11-4-3-7-15(21)8-10-19-17-13-16(22-2)12-14-6-5-9-20-18(14)17;/h5-6,9,12-13,15,19H,3-4,7-8,10-11H2,1-2H3;1H. The van der Waals surface area contributed by atoms with Gasteiger partial charge < -0.3 is 15.0 Å². The number of anilines is 1. The molecule has 2 aromatic rings. The van der Waals surface area contributed by atoms with E-state index in [9.17, 15) is 0 Å². The van der Waals surface area contributed by atoms with Crippen molar-refractivity contribution in [1.29, 1.82) is 0 Å². The Morgan fingerprint density at radius 3 is 3.00 bits per heavy atom. The number of nitrogens with zero attached hydrogens (tertiary/aromatic N) is 2. The van der Waals surface area contributed by atoms with E-state index in [0.29, 0.717) is 6.04 Å². The molecule has 1 unspecified atom stereocenters. The number of fused-ring (bicyclic) bond motifs is 1. The first-order chi connectivity index (χ1) is 10.8. The van der Waals surface area contributed by atoms with Crippen molar-refractivity contribution < 1.29 is 4.74 Å².